The topological polar surface area (TPSA) is 85.7 Å². The number of amides is 1. The third kappa shape index (κ3) is 3.71. The highest BCUT2D eigenvalue weighted by molar-refractivity contribution is 5.80. The van der Waals surface area contributed by atoms with Crippen molar-refractivity contribution < 1.29 is 15.0 Å². The van der Waals surface area contributed by atoms with Gasteiger partial charge in [-0.15, -0.1) is 0 Å². The number of benzene rings is 1. The average Bonchev–Trinajstić information content (AvgIpc) is 2.54. The molecule has 1 saturated heterocycles. The summed E-state index contributed by atoms with van der Waals surface area (Å²) in [6.07, 6.45) is 0.621. The van der Waals surface area contributed by atoms with Crippen LogP contribution < -0.4 is 10.2 Å². The lowest BCUT2D eigenvalue weighted by Crippen LogP contribution is -2.46. The molecule has 23 heavy (non-hydrogen) atoms. The first-order valence-corrected chi connectivity index (χ1v) is 7.86. The normalized spacial score (nSPS) is 17.2. The highest BCUT2D eigenvalue weighted by atomic mass is 16.4. The van der Waals surface area contributed by atoms with Gasteiger partial charge in [-0.2, -0.15) is 0 Å². The number of nitrogens with one attached hydrogen (secondary N) is 1. The number of aliphatic hydroxyl groups is 1. The number of nitrogens with zero attached hydrogens (tertiary/aromatic N) is 2. The van der Waals surface area contributed by atoms with Crippen LogP contribution in [0.1, 0.15) is 19.3 Å². The summed E-state index contributed by atoms with van der Waals surface area (Å²) in [6, 6.07) is 12.1. The van der Waals surface area contributed by atoms with Crippen LogP contribution in [0.5, 0.6) is 0 Å². The van der Waals surface area contributed by atoms with Crippen LogP contribution in [-0.2, 0) is 0 Å². The highest BCUT2D eigenvalue weighted by Gasteiger charge is 2.32. The molecule has 122 valence electrons. The van der Waals surface area contributed by atoms with Crippen LogP contribution in [-0.4, -0.2) is 46.5 Å². The Morgan fingerprint density at radius 1 is 1.22 bits per heavy atom. The number of piperidine rings is 1. The Morgan fingerprint density at radius 2 is 1.96 bits per heavy atom. The summed E-state index contributed by atoms with van der Waals surface area (Å²) in [6.45, 7) is 1.71. The smallest absolute Gasteiger partial charge is 0.404 e. The van der Waals surface area contributed by atoms with E-state index in [4.69, 9.17) is 5.11 Å². The van der Waals surface area contributed by atoms with E-state index in [1.807, 2.05) is 30.3 Å². The lowest BCUT2D eigenvalue weighted by Gasteiger charge is -2.38. The van der Waals surface area contributed by atoms with Crippen LogP contribution in [0, 0.1) is 0 Å². The quantitative estimate of drug-likeness (QED) is 0.805. The first-order chi connectivity index (χ1) is 11.1. The van der Waals surface area contributed by atoms with Gasteiger partial charge in [0.2, 0.25) is 0 Å². The molecule has 0 aliphatic carbocycles. The molecule has 2 heterocycles. The van der Waals surface area contributed by atoms with E-state index in [-0.39, 0.29) is 6.54 Å². The Hall–Kier alpha value is -2.34. The summed E-state index contributed by atoms with van der Waals surface area (Å²) in [5, 5.41) is 22.6. The van der Waals surface area contributed by atoms with E-state index in [9.17, 15) is 9.90 Å². The number of para-hydroxylation sites is 1. The van der Waals surface area contributed by atoms with Gasteiger partial charge in [0.15, 0.2) is 0 Å². The molecule has 1 aliphatic heterocycles. The molecule has 1 aromatic heterocycles. The van der Waals surface area contributed by atoms with Crippen molar-refractivity contribution in [1.29, 1.82) is 0 Å². The molecular formula is C17H21N3O3. The summed E-state index contributed by atoms with van der Waals surface area (Å²) in [7, 11) is 0. The number of fused-ring (bicyclic) bond motifs is 1. The number of pyridine rings is 1. The Balaban J connectivity index is 1.62. The van der Waals surface area contributed by atoms with Crippen LogP contribution in [0.3, 0.4) is 0 Å². The lowest BCUT2D eigenvalue weighted by molar-refractivity contribution is 0.00866. The molecular weight excluding hydrogens is 294 g/mol. The molecule has 6 heteroatoms. The van der Waals surface area contributed by atoms with Crippen molar-refractivity contribution >= 4 is 22.8 Å². The predicted octanol–water partition coefficient (Wildman–Crippen LogP) is 2.22. The maximum atomic E-state index is 10.5. The number of hydrogen-bond acceptors (Lipinski definition) is 4. The number of carboxylic acid groups (broad SMARTS) is 1. The molecule has 3 rings (SSSR count). The van der Waals surface area contributed by atoms with Crippen molar-refractivity contribution in [2.75, 3.05) is 24.5 Å². The SMILES string of the molecule is O=C(O)NCCC1(O)CCN(c2ccc3ccccc3n2)CC1. The summed E-state index contributed by atoms with van der Waals surface area (Å²) in [5.74, 6) is 0.925. The minimum atomic E-state index is -1.05. The van der Waals surface area contributed by atoms with Gasteiger partial charge < -0.3 is 20.4 Å². The van der Waals surface area contributed by atoms with Crippen molar-refractivity contribution in [3.8, 4) is 0 Å². The zero-order valence-corrected chi connectivity index (χ0v) is 12.9. The molecule has 0 saturated carbocycles. The first-order valence-electron chi connectivity index (χ1n) is 7.86. The zero-order valence-electron chi connectivity index (χ0n) is 12.9. The van der Waals surface area contributed by atoms with Gasteiger partial charge in [-0.3, -0.25) is 0 Å². The largest absolute Gasteiger partial charge is 0.465 e. The Kier molecular flexibility index (Phi) is 4.34. The first kappa shape index (κ1) is 15.6. The fourth-order valence-corrected chi connectivity index (χ4v) is 3.04. The molecule has 0 atom stereocenters. The van der Waals surface area contributed by atoms with Gasteiger partial charge in [-0.05, 0) is 37.5 Å². The second-order valence-corrected chi connectivity index (χ2v) is 6.06. The molecule has 1 aromatic carbocycles. The van der Waals surface area contributed by atoms with E-state index < -0.39 is 11.7 Å². The van der Waals surface area contributed by atoms with E-state index in [2.05, 4.69) is 21.3 Å². The van der Waals surface area contributed by atoms with Crippen LogP contribution in [0.25, 0.3) is 10.9 Å². The van der Waals surface area contributed by atoms with Gasteiger partial charge >= 0.3 is 6.09 Å². The number of aromatic nitrogens is 1. The summed E-state index contributed by atoms with van der Waals surface area (Å²) in [5.41, 5.74) is 0.173. The molecule has 1 fully saturated rings. The number of hydrogen-bond donors (Lipinski definition) is 3. The molecule has 6 nitrogen and oxygen atoms in total. The maximum absolute atomic E-state index is 10.5. The van der Waals surface area contributed by atoms with Crippen molar-refractivity contribution in [3.63, 3.8) is 0 Å². The molecule has 3 N–H and O–H groups in total. The Labute approximate surface area is 134 Å². The van der Waals surface area contributed by atoms with E-state index in [1.165, 1.54) is 0 Å². The summed E-state index contributed by atoms with van der Waals surface area (Å²) >= 11 is 0. The monoisotopic (exact) mass is 315 g/mol. The van der Waals surface area contributed by atoms with Crippen molar-refractivity contribution in [2.45, 2.75) is 24.9 Å². The van der Waals surface area contributed by atoms with Gasteiger partial charge in [0.05, 0.1) is 11.1 Å². The molecule has 1 aliphatic rings. The second kappa shape index (κ2) is 6.42. The van der Waals surface area contributed by atoms with Gasteiger partial charge in [0.25, 0.3) is 0 Å². The zero-order chi connectivity index (χ0) is 16.3. The van der Waals surface area contributed by atoms with Crippen molar-refractivity contribution in [3.05, 3.63) is 36.4 Å². The van der Waals surface area contributed by atoms with Gasteiger partial charge in [-0.25, -0.2) is 9.78 Å². The Bertz CT molecular complexity index is 696. The van der Waals surface area contributed by atoms with E-state index in [1.54, 1.807) is 0 Å². The molecule has 0 spiro atoms. The summed E-state index contributed by atoms with van der Waals surface area (Å²) < 4.78 is 0. The fourth-order valence-electron chi connectivity index (χ4n) is 3.04. The minimum Gasteiger partial charge on any atom is -0.465 e. The van der Waals surface area contributed by atoms with Gasteiger partial charge in [0, 0.05) is 25.0 Å². The third-order valence-corrected chi connectivity index (χ3v) is 4.47. The van der Waals surface area contributed by atoms with Crippen molar-refractivity contribution in [2.24, 2.45) is 0 Å². The maximum Gasteiger partial charge on any atom is 0.404 e. The molecule has 0 bridgehead atoms. The van der Waals surface area contributed by atoms with E-state index in [0.29, 0.717) is 19.3 Å². The highest BCUT2D eigenvalue weighted by Crippen LogP contribution is 2.28. The Morgan fingerprint density at radius 3 is 2.70 bits per heavy atom. The van der Waals surface area contributed by atoms with Gasteiger partial charge in [0.1, 0.15) is 5.82 Å². The molecule has 1 amide bonds. The van der Waals surface area contributed by atoms with E-state index in [0.717, 1.165) is 29.8 Å². The number of carbonyl (C=O) groups is 1. The van der Waals surface area contributed by atoms with Gasteiger partial charge in [-0.1, -0.05) is 18.2 Å². The molecule has 0 radical (unpaired) electrons. The fraction of sp³-hybridized carbons (Fsp3) is 0.412. The average molecular weight is 315 g/mol. The van der Waals surface area contributed by atoms with E-state index >= 15 is 0 Å². The molecule has 2 aromatic rings. The van der Waals surface area contributed by atoms with Crippen LogP contribution in [0.4, 0.5) is 10.6 Å². The minimum absolute atomic E-state index is 0.278. The third-order valence-electron chi connectivity index (χ3n) is 4.47. The van der Waals surface area contributed by atoms with Crippen molar-refractivity contribution in [1.82, 2.24) is 10.3 Å². The number of anilines is 1. The molecule has 0 unspecified atom stereocenters. The van der Waals surface area contributed by atoms with Crippen LogP contribution in [0.15, 0.2) is 36.4 Å². The number of rotatable bonds is 4. The van der Waals surface area contributed by atoms with Crippen LogP contribution in [0.2, 0.25) is 0 Å². The second-order valence-electron chi connectivity index (χ2n) is 6.06. The lowest BCUT2D eigenvalue weighted by atomic mass is 9.88. The standard InChI is InChI=1S/C17H21N3O3/c21-16(22)18-10-7-17(23)8-11-20(12-9-17)15-6-5-13-3-1-2-4-14(13)19-15/h1-6,18,23H,7-12H2,(H,21,22). The summed E-state index contributed by atoms with van der Waals surface area (Å²) in [4.78, 5) is 17.3. The predicted molar refractivity (Wildman–Crippen MR) is 88.8 cm³/mol. The van der Waals surface area contributed by atoms with Crippen LogP contribution >= 0.6 is 0 Å².